The number of carbonyl (C=O) groups excluding carboxylic acids is 1. The van der Waals surface area contributed by atoms with Gasteiger partial charge in [-0.05, 0) is 11.1 Å². The van der Waals surface area contributed by atoms with Crippen LogP contribution < -0.4 is 10.6 Å². The molecule has 1 atom stereocenters. The van der Waals surface area contributed by atoms with Crippen LogP contribution in [0.4, 0.5) is 5.69 Å². The number of nitrogens with one attached hydrogen (secondary N) is 2. The van der Waals surface area contributed by atoms with E-state index in [0.717, 1.165) is 12.1 Å². The van der Waals surface area contributed by atoms with Crippen LogP contribution in [0.5, 0.6) is 0 Å². The van der Waals surface area contributed by atoms with E-state index in [1.807, 2.05) is 24.3 Å². The van der Waals surface area contributed by atoms with E-state index in [2.05, 4.69) is 20.6 Å². The normalized spacial score (nSPS) is 17.6. The van der Waals surface area contributed by atoms with Gasteiger partial charge < -0.3 is 10.6 Å². The molecule has 1 aromatic carbocycles. The summed E-state index contributed by atoms with van der Waals surface area (Å²) in [5.74, 6) is -0.209. The molecule has 1 aliphatic rings. The van der Waals surface area contributed by atoms with Crippen molar-refractivity contribution in [3.63, 3.8) is 0 Å². The predicted octanol–water partition coefficient (Wildman–Crippen LogP) is 1.30. The molecule has 0 bridgehead atoms. The van der Waals surface area contributed by atoms with Crippen molar-refractivity contribution in [3.8, 4) is 0 Å². The molecule has 0 saturated heterocycles. The van der Waals surface area contributed by atoms with Crippen LogP contribution in [0.1, 0.15) is 17.0 Å². The first-order valence-corrected chi connectivity index (χ1v) is 6.19. The molecule has 5 heteroatoms. The molecule has 0 fully saturated rings. The molecule has 1 amide bonds. The molecule has 19 heavy (non-hydrogen) atoms. The van der Waals surface area contributed by atoms with Gasteiger partial charge >= 0.3 is 0 Å². The van der Waals surface area contributed by atoms with Crippen LogP contribution in [0, 0.1) is 0 Å². The standard InChI is InChI=1S/C14H14N4O/c19-14(18-11-6-16-9-17-7-11)13-8-15-5-10-3-1-2-4-12(10)13/h1-4,6-7,9,13,15H,5,8H2,(H,18,19). The Bertz CT molecular complexity index is 585. The van der Waals surface area contributed by atoms with E-state index in [9.17, 15) is 4.79 Å². The molecule has 1 aromatic heterocycles. The number of hydrogen-bond acceptors (Lipinski definition) is 4. The number of benzene rings is 1. The molecule has 2 N–H and O–H groups in total. The number of nitrogens with zero attached hydrogens (tertiary/aromatic N) is 2. The fourth-order valence-electron chi connectivity index (χ4n) is 2.32. The van der Waals surface area contributed by atoms with Gasteiger partial charge in [0.2, 0.25) is 5.91 Å². The Balaban J connectivity index is 1.82. The summed E-state index contributed by atoms with van der Waals surface area (Å²) in [4.78, 5) is 20.1. The van der Waals surface area contributed by atoms with Crippen LogP contribution in [0.25, 0.3) is 0 Å². The highest BCUT2D eigenvalue weighted by atomic mass is 16.1. The smallest absolute Gasteiger partial charge is 0.233 e. The fourth-order valence-corrected chi connectivity index (χ4v) is 2.32. The van der Waals surface area contributed by atoms with Gasteiger partial charge in [0.25, 0.3) is 0 Å². The van der Waals surface area contributed by atoms with Gasteiger partial charge in [-0.2, -0.15) is 0 Å². The molecular weight excluding hydrogens is 240 g/mol. The summed E-state index contributed by atoms with van der Waals surface area (Å²) in [6.07, 6.45) is 4.62. The zero-order chi connectivity index (χ0) is 13.1. The van der Waals surface area contributed by atoms with Gasteiger partial charge in [-0.1, -0.05) is 24.3 Å². The van der Waals surface area contributed by atoms with E-state index in [1.165, 1.54) is 11.9 Å². The number of aromatic nitrogens is 2. The van der Waals surface area contributed by atoms with Gasteiger partial charge in [0, 0.05) is 13.1 Å². The maximum Gasteiger partial charge on any atom is 0.233 e. The average molecular weight is 254 g/mol. The lowest BCUT2D eigenvalue weighted by Gasteiger charge is -2.25. The van der Waals surface area contributed by atoms with Crippen LogP contribution in [0.15, 0.2) is 43.0 Å². The van der Waals surface area contributed by atoms with E-state index in [0.29, 0.717) is 12.2 Å². The second-order valence-electron chi connectivity index (χ2n) is 4.50. The highest BCUT2D eigenvalue weighted by molar-refractivity contribution is 5.96. The minimum absolute atomic E-state index is 0.0329. The van der Waals surface area contributed by atoms with Crippen molar-refractivity contribution in [1.82, 2.24) is 15.3 Å². The summed E-state index contributed by atoms with van der Waals surface area (Å²) in [6.45, 7) is 1.46. The molecule has 1 aliphatic heterocycles. The second-order valence-corrected chi connectivity index (χ2v) is 4.50. The van der Waals surface area contributed by atoms with Crippen LogP contribution in [0.3, 0.4) is 0 Å². The Morgan fingerprint density at radius 3 is 2.89 bits per heavy atom. The van der Waals surface area contributed by atoms with E-state index in [-0.39, 0.29) is 11.8 Å². The van der Waals surface area contributed by atoms with Crippen molar-refractivity contribution in [2.45, 2.75) is 12.5 Å². The van der Waals surface area contributed by atoms with Gasteiger partial charge in [-0.25, -0.2) is 9.97 Å². The molecule has 0 spiro atoms. The van der Waals surface area contributed by atoms with Gasteiger partial charge in [-0.3, -0.25) is 4.79 Å². The number of amides is 1. The summed E-state index contributed by atoms with van der Waals surface area (Å²) in [7, 11) is 0. The first kappa shape index (κ1) is 11.8. The topological polar surface area (TPSA) is 66.9 Å². The van der Waals surface area contributed by atoms with Crippen LogP contribution in [0.2, 0.25) is 0 Å². The highest BCUT2D eigenvalue weighted by Crippen LogP contribution is 2.24. The number of rotatable bonds is 2. The Hall–Kier alpha value is -2.27. The summed E-state index contributed by atoms with van der Waals surface area (Å²) < 4.78 is 0. The highest BCUT2D eigenvalue weighted by Gasteiger charge is 2.25. The molecular formula is C14H14N4O. The van der Waals surface area contributed by atoms with Crippen molar-refractivity contribution in [3.05, 3.63) is 54.1 Å². The fraction of sp³-hybridized carbons (Fsp3) is 0.214. The van der Waals surface area contributed by atoms with E-state index < -0.39 is 0 Å². The first-order chi connectivity index (χ1) is 9.34. The van der Waals surface area contributed by atoms with Crippen LogP contribution >= 0.6 is 0 Å². The van der Waals surface area contributed by atoms with Gasteiger partial charge in [0.15, 0.2) is 0 Å². The molecule has 5 nitrogen and oxygen atoms in total. The lowest BCUT2D eigenvalue weighted by atomic mass is 9.90. The quantitative estimate of drug-likeness (QED) is 0.847. The van der Waals surface area contributed by atoms with Crippen LogP contribution in [-0.4, -0.2) is 22.4 Å². The van der Waals surface area contributed by atoms with Crippen LogP contribution in [-0.2, 0) is 11.3 Å². The number of hydrogen-bond donors (Lipinski definition) is 2. The third kappa shape index (κ3) is 2.46. The lowest BCUT2D eigenvalue weighted by Crippen LogP contribution is -2.35. The monoisotopic (exact) mass is 254 g/mol. The van der Waals surface area contributed by atoms with Gasteiger partial charge in [-0.15, -0.1) is 0 Å². The second kappa shape index (κ2) is 5.16. The molecule has 0 radical (unpaired) electrons. The molecule has 2 aromatic rings. The lowest BCUT2D eigenvalue weighted by molar-refractivity contribution is -0.117. The predicted molar refractivity (Wildman–Crippen MR) is 71.6 cm³/mol. The van der Waals surface area contributed by atoms with E-state index >= 15 is 0 Å². The van der Waals surface area contributed by atoms with Gasteiger partial charge in [0.05, 0.1) is 24.0 Å². The summed E-state index contributed by atoms with van der Waals surface area (Å²) >= 11 is 0. The maximum absolute atomic E-state index is 12.3. The van der Waals surface area contributed by atoms with Gasteiger partial charge in [0.1, 0.15) is 6.33 Å². The van der Waals surface area contributed by atoms with Crippen molar-refractivity contribution in [1.29, 1.82) is 0 Å². The molecule has 0 aliphatic carbocycles. The summed E-state index contributed by atoms with van der Waals surface area (Å²) in [6, 6.07) is 8.03. The molecule has 96 valence electrons. The SMILES string of the molecule is O=C(Nc1cncnc1)C1CNCc2ccccc21. The largest absolute Gasteiger partial charge is 0.323 e. The zero-order valence-electron chi connectivity index (χ0n) is 10.3. The Kier molecular flexibility index (Phi) is 3.20. The maximum atomic E-state index is 12.3. The Morgan fingerprint density at radius 2 is 2.05 bits per heavy atom. The minimum Gasteiger partial charge on any atom is -0.323 e. The van der Waals surface area contributed by atoms with Crippen molar-refractivity contribution in [2.75, 3.05) is 11.9 Å². The Labute approximate surface area is 111 Å². The van der Waals surface area contributed by atoms with E-state index in [4.69, 9.17) is 0 Å². The first-order valence-electron chi connectivity index (χ1n) is 6.19. The van der Waals surface area contributed by atoms with E-state index in [1.54, 1.807) is 12.4 Å². The zero-order valence-corrected chi connectivity index (χ0v) is 10.3. The van der Waals surface area contributed by atoms with Crippen molar-refractivity contribution in [2.24, 2.45) is 0 Å². The molecule has 2 heterocycles. The van der Waals surface area contributed by atoms with Crippen molar-refractivity contribution < 1.29 is 4.79 Å². The number of carbonyl (C=O) groups is 1. The average Bonchev–Trinajstić information content (AvgIpc) is 2.47. The number of fused-ring (bicyclic) bond motifs is 1. The molecule has 1 unspecified atom stereocenters. The summed E-state index contributed by atoms with van der Waals surface area (Å²) in [5.41, 5.74) is 2.89. The number of anilines is 1. The van der Waals surface area contributed by atoms with Crippen molar-refractivity contribution >= 4 is 11.6 Å². The minimum atomic E-state index is -0.176. The third-order valence-electron chi connectivity index (χ3n) is 3.24. The molecule has 0 saturated carbocycles. The Morgan fingerprint density at radius 1 is 1.26 bits per heavy atom. The summed E-state index contributed by atoms with van der Waals surface area (Å²) in [5, 5.41) is 6.11. The molecule has 3 rings (SSSR count). The third-order valence-corrected chi connectivity index (χ3v) is 3.24.